The van der Waals surface area contributed by atoms with Crippen molar-refractivity contribution in [2.75, 3.05) is 26.3 Å². The second-order valence-electron chi connectivity index (χ2n) is 7.67. The first-order chi connectivity index (χ1) is 15.5. The maximum atomic E-state index is 12.8. The summed E-state index contributed by atoms with van der Waals surface area (Å²) in [5.74, 6) is -1.92. The molecule has 0 radical (unpaired) electrons. The van der Waals surface area contributed by atoms with Crippen molar-refractivity contribution in [2.45, 2.75) is 31.7 Å². The van der Waals surface area contributed by atoms with E-state index in [0.717, 1.165) is 22.3 Å². The van der Waals surface area contributed by atoms with E-state index in [2.05, 4.69) is 5.32 Å². The van der Waals surface area contributed by atoms with Gasteiger partial charge in [0.05, 0.1) is 13.0 Å². The maximum absolute atomic E-state index is 12.8. The summed E-state index contributed by atoms with van der Waals surface area (Å²) in [5.41, 5.74) is 4.29. The Balaban J connectivity index is 1.69. The number of fused-ring (bicyclic) bond motifs is 3. The molecule has 1 unspecified atom stereocenters. The fraction of sp³-hybridized carbons (Fsp3) is 0.375. The normalized spacial score (nSPS) is 13.1. The minimum absolute atomic E-state index is 0.0587. The predicted octanol–water partition coefficient (Wildman–Crippen LogP) is 2.60. The average Bonchev–Trinajstić information content (AvgIpc) is 3.10. The summed E-state index contributed by atoms with van der Waals surface area (Å²) in [6.07, 6.45) is -0.794. The van der Waals surface area contributed by atoms with Gasteiger partial charge in [-0.05, 0) is 28.7 Å². The first-order valence-electron chi connectivity index (χ1n) is 10.7. The van der Waals surface area contributed by atoms with Crippen molar-refractivity contribution < 1.29 is 29.3 Å². The van der Waals surface area contributed by atoms with Crippen LogP contribution in [0.2, 0.25) is 0 Å². The molecule has 0 bridgehead atoms. The Labute approximate surface area is 186 Å². The number of hydrogen-bond donors (Lipinski definition) is 3. The summed E-state index contributed by atoms with van der Waals surface area (Å²) in [5, 5.41) is 20.8. The Morgan fingerprint density at radius 3 is 2.16 bits per heavy atom. The van der Waals surface area contributed by atoms with E-state index < -0.39 is 30.4 Å². The number of carbonyl (C=O) groups is 3. The molecule has 3 rings (SSSR count). The molecule has 0 spiro atoms. The fourth-order valence-corrected chi connectivity index (χ4v) is 4.10. The highest BCUT2D eigenvalue weighted by atomic mass is 16.5. The molecule has 0 saturated carbocycles. The van der Waals surface area contributed by atoms with Gasteiger partial charge in [-0.1, -0.05) is 55.5 Å². The van der Waals surface area contributed by atoms with Crippen molar-refractivity contribution in [1.29, 1.82) is 0 Å². The standard InChI is InChI=1S/C24H28N2O6/c1-2-11-26(12-13-27)23(30)21(14-22(28)29)25-24(31)32-15-20-18-9-5-3-7-16(18)17-8-4-6-10-19(17)20/h3-10,20-21,27H,2,11-15H2,1H3,(H,25,31)(H,28,29). The number of amides is 2. The molecule has 1 atom stereocenters. The van der Waals surface area contributed by atoms with Gasteiger partial charge in [0.25, 0.3) is 0 Å². The van der Waals surface area contributed by atoms with Gasteiger partial charge in [-0.2, -0.15) is 0 Å². The smallest absolute Gasteiger partial charge is 0.407 e. The zero-order valence-corrected chi connectivity index (χ0v) is 18.0. The van der Waals surface area contributed by atoms with Crippen molar-refractivity contribution in [3.8, 4) is 11.1 Å². The molecule has 3 N–H and O–H groups in total. The van der Waals surface area contributed by atoms with Crippen LogP contribution in [0.4, 0.5) is 4.79 Å². The highest BCUT2D eigenvalue weighted by Gasteiger charge is 2.31. The van der Waals surface area contributed by atoms with Crippen molar-refractivity contribution in [3.63, 3.8) is 0 Å². The Morgan fingerprint density at radius 1 is 1.03 bits per heavy atom. The molecule has 2 aromatic rings. The van der Waals surface area contributed by atoms with Crippen LogP contribution in [-0.4, -0.2) is 65.4 Å². The van der Waals surface area contributed by atoms with E-state index in [4.69, 9.17) is 4.74 Å². The summed E-state index contributed by atoms with van der Waals surface area (Å²) in [4.78, 5) is 37.9. The third-order valence-corrected chi connectivity index (χ3v) is 5.49. The number of carboxylic acid groups (broad SMARTS) is 1. The minimum Gasteiger partial charge on any atom is -0.481 e. The third kappa shape index (κ3) is 5.26. The van der Waals surface area contributed by atoms with Crippen molar-refractivity contribution in [3.05, 3.63) is 59.7 Å². The minimum atomic E-state index is -1.28. The van der Waals surface area contributed by atoms with Crippen molar-refractivity contribution in [1.82, 2.24) is 10.2 Å². The monoisotopic (exact) mass is 440 g/mol. The summed E-state index contributed by atoms with van der Waals surface area (Å²) >= 11 is 0. The number of ether oxygens (including phenoxy) is 1. The van der Waals surface area contributed by atoms with Gasteiger partial charge in [-0.25, -0.2) is 4.79 Å². The molecule has 2 amide bonds. The number of carbonyl (C=O) groups excluding carboxylic acids is 2. The molecule has 8 nitrogen and oxygen atoms in total. The van der Waals surface area contributed by atoms with Crippen LogP contribution in [0.25, 0.3) is 11.1 Å². The lowest BCUT2D eigenvalue weighted by molar-refractivity contribution is -0.142. The summed E-state index contributed by atoms with van der Waals surface area (Å²) < 4.78 is 5.44. The zero-order chi connectivity index (χ0) is 23.1. The Hall–Kier alpha value is -3.39. The van der Waals surface area contributed by atoms with E-state index in [0.29, 0.717) is 13.0 Å². The van der Waals surface area contributed by atoms with Crippen LogP contribution in [0.5, 0.6) is 0 Å². The van der Waals surface area contributed by atoms with Crippen molar-refractivity contribution >= 4 is 18.0 Å². The molecule has 8 heteroatoms. The molecule has 0 heterocycles. The van der Waals surface area contributed by atoms with Crippen LogP contribution >= 0.6 is 0 Å². The van der Waals surface area contributed by atoms with E-state index in [1.807, 2.05) is 55.5 Å². The molecule has 0 aromatic heterocycles. The van der Waals surface area contributed by atoms with Gasteiger partial charge >= 0.3 is 12.1 Å². The molecule has 1 aliphatic carbocycles. The number of hydrogen-bond acceptors (Lipinski definition) is 5. The Kier molecular flexibility index (Phi) is 7.83. The number of rotatable bonds is 10. The molecule has 0 saturated heterocycles. The van der Waals surface area contributed by atoms with Crippen LogP contribution in [-0.2, 0) is 14.3 Å². The summed E-state index contributed by atoms with van der Waals surface area (Å²) in [6.45, 7) is 2.08. The number of carboxylic acids is 1. The molecule has 0 aliphatic heterocycles. The van der Waals surface area contributed by atoms with Crippen LogP contribution < -0.4 is 5.32 Å². The Morgan fingerprint density at radius 2 is 1.62 bits per heavy atom. The molecule has 32 heavy (non-hydrogen) atoms. The second-order valence-corrected chi connectivity index (χ2v) is 7.67. The van der Waals surface area contributed by atoms with Crippen molar-refractivity contribution in [2.24, 2.45) is 0 Å². The van der Waals surface area contributed by atoms with E-state index in [9.17, 15) is 24.6 Å². The average molecular weight is 440 g/mol. The number of nitrogens with zero attached hydrogens (tertiary/aromatic N) is 1. The number of aliphatic hydroxyl groups excluding tert-OH is 1. The number of benzene rings is 2. The molecule has 2 aromatic carbocycles. The topological polar surface area (TPSA) is 116 Å². The van der Waals surface area contributed by atoms with E-state index in [1.54, 1.807) is 0 Å². The summed E-state index contributed by atoms with van der Waals surface area (Å²) in [7, 11) is 0. The zero-order valence-electron chi connectivity index (χ0n) is 18.0. The summed E-state index contributed by atoms with van der Waals surface area (Å²) in [6, 6.07) is 14.6. The largest absolute Gasteiger partial charge is 0.481 e. The molecule has 1 aliphatic rings. The number of aliphatic hydroxyl groups is 1. The van der Waals surface area contributed by atoms with Gasteiger partial charge in [-0.15, -0.1) is 0 Å². The molecule has 170 valence electrons. The SMILES string of the molecule is CCCN(CCO)C(=O)C(CC(=O)O)NC(=O)OCC1c2ccccc2-c2ccccc21. The third-order valence-electron chi connectivity index (χ3n) is 5.49. The number of nitrogens with one attached hydrogen (secondary N) is 1. The van der Waals surface area contributed by atoms with Gasteiger partial charge in [0, 0.05) is 19.0 Å². The first kappa shape index (κ1) is 23.3. The molecule has 0 fully saturated rings. The van der Waals surface area contributed by atoms with Gasteiger partial charge < -0.3 is 25.2 Å². The maximum Gasteiger partial charge on any atom is 0.407 e. The van der Waals surface area contributed by atoms with Crippen LogP contribution in [0, 0.1) is 0 Å². The lowest BCUT2D eigenvalue weighted by atomic mass is 9.98. The second kappa shape index (κ2) is 10.8. The van der Waals surface area contributed by atoms with Crippen LogP contribution in [0.3, 0.4) is 0 Å². The Bertz CT molecular complexity index is 925. The molecular weight excluding hydrogens is 412 g/mol. The predicted molar refractivity (Wildman–Crippen MR) is 118 cm³/mol. The van der Waals surface area contributed by atoms with Gasteiger partial charge in [-0.3, -0.25) is 9.59 Å². The van der Waals surface area contributed by atoms with E-state index in [1.165, 1.54) is 4.90 Å². The van der Waals surface area contributed by atoms with Crippen LogP contribution in [0.1, 0.15) is 36.8 Å². The van der Waals surface area contributed by atoms with E-state index in [-0.39, 0.29) is 25.7 Å². The quantitative estimate of drug-likeness (QED) is 0.523. The van der Waals surface area contributed by atoms with E-state index >= 15 is 0 Å². The lowest BCUT2D eigenvalue weighted by Crippen LogP contribution is -2.50. The van der Waals surface area contributed by atoms with Gasteiger partial charge in [0.15, 0.2) is 0 Å². The highest BCUT2D eigenvalue weighted by molar-refractivity contribution is 5.89. The molecular formula is C24H28N2O6. The number of alkyl carbamates (subject to hydrolysis) is 1. The number of aliphatic carboxylic acids is 1. The lowest BCUT2D eigenvalue weighted by Gasteiger charge is -2.26. The highest BCUT2D eigenvalue weighted by Crippen LogP contribution is 2.44. The van der Waals surface area contributed by atoms with Gasteiger partial charge in [0.1, 0.15) is 12.6 Å². The van der Waals surface area contributed by atoms with Crippen LogP contribution in [0.15, 0.2) is 48.5 Å². The fourth-order valence-electron chi connectivity index (χ4n) is 4.10. The first-order valence-corrected chi connectivity index (χ1v) is 10.7. The van der Waals surface area contributed by atoms with Gasteiger partial charge in [0.2, 0.25) is 5.91 Å².